The summed E-state index contributed by atoms with van der Waals surface area (Å²) in [6.07, 6.45) is 6.36. The molecule has 0 radical (unpaired) electrons. The Labute approximate surface area is 164 Å². The number of rotatable bonds is 8. The molecule has 3 aromatic rings. The predicted molar refractivity (Wildman–Crippen MR) is 115 cm³/mol. The molecule has 1 aromatic carbocycles. The van der Waals surface area contributed by atoms with Crippen molar-refractivity contribution in [3.05, 3.63) is 57.5 Å². The molecule has 0 saturated carbocycles. The normalized spacial score (nSPS) is 11.5. The molecule has 0 amide bonds. The van der Waals surface area contributed by atoms with E-state index in [9.17, 15) is 4.79 Å². The zero-order valence-corrected chi connectivity index (χ0v) is 17.0. The summed E-state index contributed by atoms with van der Waals surface area (Å²) in [7, 11) is 0. The molecule has 6 heteroatoms. The minimum atomic E-state index is -0.124. The van der Waals surface area contributed by atoms with Crippen molar-refractivity contribution in [1.82, 2.24) is 9.66 Å². The molecular formula is C21H26N4OS. The van der Waals surface area contributed by atoms with Crippen LogP contribution < -0.4 is 10.5 Å². The molecule has 0 N–H and O–H groups in total. The molecule has 0 atom stereocenters. The SMILES string of the molecule is CCCN(CCC)c1ccc(/C=N\n2cnc3sc(CC)cc3c2=O)cc1. The van der Waals surface area contributed by atoms with Crippen molar-refractivity contribution in [1.29, 1.82) is 0 Å². The standard InChI is InChI=1S/C21H26N4OS/c1-4-11-24(12-5-2)17-9-7-16(8-10-17)14-23-25-15-22-20-19(21(25)26)13-18(6-3)27-20/h7-10,13-15H,4-6,11-12H2,1-3H3/b23-14-. The van der Waals surface area contributed by atoms with Crippen LogP contribution in [0.3, 0.4) is 0 Å². The van der Waals surface area contributed by atoms with Crippen molar-refractivity contribution in [2.75, 3.05) is 18.0 Å². The Morgan fingerprint density at radius 2 is 1.85 bits per heavy atom. The van der Waals surface area contributed by atoms with Gasteiger partial charge >= 0.3 is 0 Å². The molecule has 0 saturated heterocycles. The lowest BCUT2D eigenvalue weighted by Gasteiger charge is -2.23. The fourth-order valence-electron chi connectivity index (χ4n) is 3.03. The van der Waals surface area contributed by atoms with Gasteiger partial charge in [-0.1, -0.05) is 32.9 Å². The van der Waals surface area contributed by atoms with Gasteiger partial charge < -0.3 is 4.90 Å². The average molecular weight is 383 g/mol. The van der Waals surface area contributed by atoms with Crippen LogP contribution in [0.1, 0.15) is 44.1 Å². The van der Waals surface area contributed by atoms with Gasteiger partial charge in [0.05, 0.1) is 11.6 Å². The molecule has 27 heavy (non-hydrogen) atoms. The number of aromatic nitrogens is 2. The largest absolute Gasteiger partial charge is 0.372 e. The van der Waals surface area contributed by atoms with Crippen LogP contribution in [0, 0.1) is 0 Å². The van der Waals surface area contributed by atoms with Gasteiger partial charge in [-0.3, -0.25) is 4.79 Å². The second kappa shape index (κ2) is 8.95. The average Bonchev–Trinajstić information content (AvgIpc) is 3.12. The minimum absolute atomic E-state index is 0.124. The van der Waals surface area contributed by atoms with Gasteiger partial charge in [0.15, 0.2) is 0 Å². The molecule has 0 aliphatic rings. The first-order chi connectivity index (χ1) is 13.2. The van der Waals surface area contributed by atoms with E-state index in [2.05, 4.69) is 47.9 Å². The number of aryl methyl sites for hydroxylation is 1. The first kappa shape index (κ1) is 19.3. The topological polar surface area (TPSA) is 50.5 Å². The highest BCUT2D eigenvalue weighted by Crippen LogP contribution is 2.21. The summed E-state index contributed by atoms with van der Waals surface area (Å²) in [5.74, 6) is 0. The summed E-state index contributed by atoms with van der Waals surface area (Å²) in [6, 6.07) is 10.2. The molecule has 0 aliphatic carbocycles. The lowest BCUT2D eigenvalue weighted by atomic mass is 10.2. The summed E-state index contributed by atoms with van der Waals surface area (Å²) < 4.78 is 1.31. The first-order valence-corrected chi connectivity index (χ1v) is 10.4. The number of hydrogen-bond acceptors (Lipinski definition) is 5. The summed E-state index contributed by atoms with van der Waals surface area (Å²) in [4.78, 5) is 21.3. The van der Waals surface area contributed by atoms with Gasteiger partial charge in [-0.25, -0.2) is 4.98 Å². The van der Waals surface area contributed by atoms with Crippen LogP contribution in [-0.2, 0) is 6.42 Å². The van der Waals surface area contributed by atoms with E-state index in [0.717, 1.165) is 47.6 Å². The van der Waals surface area contributed by atoms with E-state index < -0.39 is 0 Å². The number of benzene rings is 1. The Morgan fingerprint density at radius 1 is 1.15 bits per heavy atom. The predicted octanol–water partition coefficient (Wildman–Crippen LogP) is 4.53. The maximum Gasteiger partial charge on any atom is 0.282 e. The molecule has 5 nitrogen and oxygen atoms in total. The van der Waals surface area contributed by atoms with Crippen LogP contribution in [-0.4, -0.2) is 29.0 Å². The smallest absolute Gasteiger partial charge is 0.282 e. The zero-order valence-electron chi connectivity index (χ0n) is 16.2. The Morgan fingerprint density at radius 3 is 2.48 bits per heavy atom. The molecular weight excluding hydrogens is 356 g/mol. The maximum atomic E-state index is 12.6. The third-order valence-electron chi connectivity index (χ3n) is 4.41. The van der Waals surface area contributed by atoms with Gasteiger partial charge in [-0.2, -0.15) is 9.78 Å². The molecule has 0 bridgehead atoms. The van der Waals surface area contributed by atoms with Gasteiger partial charge in [0, 0.05) is 23.7 Å². The fourth-order valence-corrected chi connectivity index (χ4v) is 3.96. The highest BCUT2D eigenvalue weighted by atomic mass is 32.1. The van der Waals surface area contributed by atoms with Gasteiger partial charge in [-0.05, 0) is 43.0 Å². The number of thiophene rings is 1. The van der Waals surface area contributed by atoms with Crippen molar-refractivity contribution in [3.8, 4) is 0 Å². The second-order valence-corrected chi connectivity index (χ2v) is 7.62. The van der Waals surface area contributed by atoms with E-state index >= 15 is 0 Å². The van der Waals surface area contributed by atoms with E-state index in [0.29, 0.717) is 5.39 Å². The maximum absolute atomic E-state index is 12.6. The fraction of sp³-hybridized carbons (Fsp3) is 0.381. The lowest BCUT2D eigenvalue weighted by Crippen LogP contribution is -2.24. The molecule has 0 unspecified atom stereocenters. The van der Waals surface area contributed by atoms with Crippen molar-refractivity contribution in [2.24, 2.45) is 5.10 Å². The summed E-state index contributed by atoms with van der Waals surface area (Å²) in [5, 5.41) is 4.96. The molecule has 142 valence electrons. The lowest BCUT2D eigenvalue weighted by molar-refractivity contribution is 0.745. The number of nitrogens with zero attached hydrogens (tertiary/aromatic N) is 4. The van der Waals surface area contributed by atoms with Crippen molar-refractivity contribution in [2.45, 2.75) is 40.0 Å². The van der Waals surface area contributed by atoms with E-state index in [1.165, 1.54) is 16.7 Å². The van der Waals surface area contributed by atoms with Gasteiger partial charge in [0.25, 0.3) is 5.56 Å². The number of anilines is 1. The van der Waals surface area contributed by atoms with Crippen LogP contribution >= 0.6 is 11.3 Å². The highest BCUT2D eigenvalue weighted by Gasteiger charge is 2.08. The Hall–Kier alpha value is -2.47. The summed E-state index contributed by atoms with van der Waals surface area (Å²) in [6.45, 7) is 8.59. The number of hydrogen-bond donors (Lipinski definition) is 0. The van der Waals surface area contributed by atoms with E-state index in [1.807, 2.05) is 18.2 Å². The molecule has 0 fully saturated rings. The first-order valence-electron chi connectivity index (χ1n) is 9.55. The third kappa shape index (κ3) is 4.45. The zero-order chi connectivity index (χ0) is 19.2. The molecule has 3 rings (SSSR count). The Balaban J connectivity index is 1.80. The van der Waals surface area contributed by atoms with Crippen LogP contribution in [0.5, 0.6) is 0 Å². The Kier molecular flexibility index (Phi) is 6.40. The quantitative estimate of drug-likeness (QED) is 0.538. The van der Waals surface area contributed by atoms with Gasteiger partial charge in [0.2, 0.25) is 0 Å². The third-order valence-corrected chi connectivity index (χ3v) is 5.60. The van der Waals surface area contributed by atoms with E-state index in [1.54, 1.807) is 17.6 Å². The molecule has 2 heterocycles. The monoisotopic (exact) mass is 382 g/mol. The van der Waals surface area contributed by atoms with Crippen LogP contribution in [0.25, 0.3) is 10.2 Å². The van der Waals surface area contributed by atoms with Crippen molar-refractivity contribution < 1.29 is 0 Å². The number of fused-ring (bicyclic) bond motifs is 1. The summed E-state index contributed by atoms with van der Waals surface area (Å²) in [5.41, 5.74) is 2.06. The second-order valence-electron chi connectivity index (χ2n) is 6.50. The van der Waals surface area contributed by atoms with Crippen LogP contribution in [0.2, 0.25) is 0 Å². The van der Waals surface area contributed by atoms with E-state index in [-0.39, 0.29) is 5.56 Å². The summed E-state index contributed by atoms with van der Waals surface area (Å²) >= 11 is 1.57. The van der Waals surface area contributed by atoms with Crippen molar-refractivity contribution >= 4 is 33.5 Å². The highest BCUT2D eigenvalue weighted by molar-refractivity contribution is 7.18. The Bertz CT molecular complexity index is 966. The van der Waals surface area contributed by atoms with Gasteiger partial charge in [0.1, 0.15) is 11.2 Å². The van der Waals surface area contributed by atoms with Gasteiger partial charge in [-0.15, -0.1) is 11.3 Å². The minimum Gasteiger partial charge on any atom is -0.372 e. The molecule has 0 aliphatic heterocycles. The van der Waals surface area contributed by atoms with Crippen molar-refractivity contribution in [3.63, 3.8) is 0 Å². The van der Waals surface area contributed by atoms with Crippen LogP contribution in [0.15, 0.2) is 46.6 Å². The van der Waals surface area contributed by atoms with Crippen LogP contribution in [0.4, 0.5) is 5.69 Å². The van der Waals surface area contributed by atoms with E-state index in [4.69, 9.17) is 0 Å². The molecule has 0 spiro atoms. The molecule has 2 aromatic heterocycles.